The van der Waals surface area contributed by atoms with E-state index in [1.54, 1.807) is 16.4 Å². The first-order valence-electron chi connectivity index (χ1n) is 10.5. The summed E-state index contributed by atoms with van der Waals surface area (Å²) in [6.45, 7) is 8.13. The number of carbonyl (C=O) groups excluding carboxylic acids is 1. The summed E-state index contributed by atoms with van der Waals surface area (Å²) >= 11 is 0. The average Bonchev–Trinajstić information content (AvgIpc) is 3.17. The Morgan fingerprint density at radius 1 is 0.938 bits per heavy atom. The van der Waals surface area contributed by atoms with Crippen LogP contribution in [0.15, 0.2) is 59.4 Å². The maximum absolute atomic E-state index is 13.2. The molecule has 4 rings (SSSR count). The maximum Gasteiger partial charge on any atom is 0.295 e. The molecule has 0 saturated carbocycles. The molecule has 164 valence electrons. The Hall–Kier alpha value is -3.87. The molecule has 2 aromatic carbocycles. The topological polar surface area (TPSA) is 73.8 Å². The Kier molecular flexibility index (Phi) is 5.57. The summed E-state index contributed by atoms with van der Waals surface area (Å²) in [5.74, 6) is -0.332. The van der Waals surface area contributed by atoms with Gasteiger partial charge in [0.2, 0.25) is 0 Å². The summed E-state index contributed by atoms with van der Waals surface area (Å²) < 4.78 is 5.12. The number of anilines is 1. The van der Waals surface area contributed by atoms with E-state index < -0.39 is 0 Å². The number of benzene rings is 2. The molecule has 1 N–H and O–H groups in total. The lowest BCUT2D eigenvalue weighted by Gasteiger charge is -2.07. The van der Waals surface area contributed by atoms with Crippen LogP contribution in [0.5, 0.6) is 0 Å². The second-order valence-electron chi connectivity index (χ2n) is 8.08. The second kappa shape index (κ2) is 8.34. The second-order valence-corrected chi connectivity index (χ2v) is 8.08. The Balaban J connectivity index is 1.65. The molecule has 0 spiro atoms. The van der Waals surface area contributed by atoms with Crippen molar-refractivity contribution in [3.63, 3.8) is 0 Å². The van der Waals surface area contributed by atoms with E-state index >= 15 is 0 Å². The number of amides is 1. The summed E-state index contributed by atoms with van der Waals surface area (Å²) in [6, 6.07) is 17.6. The molecular weight excluding hydrogens is 402 g/mol. The molecule has 32 heavy (non-hydrogen) atoms. The molecular formula is C25H27N5O2. The third-order valence-corrected chi connectivity index (χ3v) is 5.85. The van der Waals surface area contributed by atoms with Gasteiger partial charge >= 0.3 is 0 Å². The molecule has 0 atom stereocenters. The zero-order valence-corrected chi connectivity index (χ0v) is 19.0. The highest BCUT2D eigenvalue weighted by atomic mass is 16.2. The van der Waals surface area contributed by atoms with Crippen molar-refractivity contribution in [1.82, 2.24) is 19.1 Å². The number of aryl methyl sites for hydroxylation is 2. The molecule has 1 amide bonds. The summed E-state index contributed by atoms with van der Waals surface area (Å²) in [5.41, 5.74) is 5.60. The van der Waals surface area contributed by atoms with Crippen molar-refractivity contribution in [2.24, 2.45) is 7.05 Å². The van der Waals surface area contributed by atoms with E-state index in [-0.39, 0.29) is 17.2 Å². The highest BCUT2D eigenvalue weighted by Gasteiger charge is 2.23. The molecule has 0 fully saturated rings. The highest BCUT2D eigenvalue weighted by molar-refractivity contribution is 6.06. The lowest BCUT2D eigenvalue weighted by molar-refractivity contribution is 0.102. The molecule has 0 radical (unpaired) electrons. The van der Waals surface area contributed by atoms with E-state index in [9.17, 15) is 9.59 Å². The summed E-state index contributed by atoms with van der Waals surface area (Å²) in [6.07, 6.45) is 0. The molecule has 0 aliphatic heterocycles. The number of aromatic nitrogens is 4. The maximum atomic E-state index is 13.2. The van der Waals surface area contributed by atoms with Crippen LogP contribution in [0.1, 0.15) is 38.6 Å². The van der Waals surface area contributed by atoms with Crippen LogP contribution >= 0.6 is 0 Å². The van der Waals surface area contributed by atoms with Gasteiger partial charge in [-0.05, 0) is 45.4 Å². The quantitative estimate of drug-likeness (QED) is 0.523. The van der Waals surface area contributed by atoms with Gasteiger partial charge in [-0.2, -0.15) is 5.10 Å². The molecule has 7 nitrogen and oxygen atoms in total. The minimum absolute atomic E-state index is 0.270. The number of hydrogen-bond donors (Lipinski definition) is 1. The third-order valence-electron chi connectivity index (χ3n) is 5.85. The van der Waals surface area contributed by atoms with E-state index in [1.165, 1.54) is 5.56 Å². The predicted octanol–water partition coefficient (Wildman–Crippen LogP) is 3.91. The largest absolute Gasteiger partial charge is 0.316 e. The summed E-state index contributed by atoms with van der Waals surface area (Å²) in [5, 5.41) is 7.42. The van der Waals surface area contributed by atoms with Gasteiger partial charge in [-0.15, -0.1) is 0 Å². The first-order valence-corrected chi connectivity index (χ1v) is 10.5. The molecule has 4 aromatic rings. The van der Waals surface area contributed by atoms with E-state index in [2.05, 4.69) is 34.7 Å². The highest BCUT2D eigenvalue weighted by Crippen LogP contribution is 2.19. The zero-order chi connectivity index (χ0) is 23.0. The van der Waals surface area contributed by atoms with Crippen LogP contribution in [-0.4, -0.2) is 25.1 Å². The van der Waals surface area contributed by atoms with E-state index in [0.29, 0.717) is 23.5 Å². The van der Waals surface area contributed by atoms with Crippen molar-refractivity contribution in [1.29, 1.82) is 0 Å². The normalized spacial score (nSPS) is 11.0. The monoisotopic (exact) mass is 429 g/mol. The summed E-state index contributed by atoms with van der Waals surface area (Å²) in [7, 11) is 1.80. The van der Waals surface area contributed by atoms with E-state index in [0.717, 1.165) is 16.9 Å². The van der Waals surface area contributed by atoms with Crippen molar-refractivity contribution < 1.29 is 4.79 Å². The minimum atomic E-state index is -0.332. The van der Waals surface area contributed by atoms with E-state index in [4.69, 9.17) is 0 Å². The lowest BCUT2D eigenvalue weighted by atomic mass is 10.1. The number of para-hydroxylation sites is 1. The van der Waals surface area contributed by atoms with Gasteiger partial charge in [-0.25, -0.2) is 4.68 Å². The number of carbonyl (C=O) groups is 1. The third kappa shape index (κ3) is 3.77. The summed E-state index contributed by atoms with van der Waals surface area (Å²) in [4.78, 5) is 26.3. The smallest absolute Gasteiger partial charge is 0.295 e. The average molecular weight is 430 g/mol. The van der Waals surface area contributed by atoms with Crippen molar-refractivity contribution in [2.75, 3.05) is 5.32 Å². The van der Waals surface area contributed by atoms with Gasteiger partial charge in [-0.3, -0.25) is 19.0 Å². The Labute approximate surface area is 186 Å². The van der Waals surface area contributed by atoms with Gasteiger partial charge in [0.15, 0.2) is 0 Å². The molecule has 0 saturated heterocycles. The first-order chi connectivity index (χ1) is 15.3. The van der Waals surface area contributed by atoms with E-state index in [1.807, 2.05) is 62.7 Å². The SMILES string of the molecule is Cc1ccc(Cn2nc(C)c(C(=O)Nc3c(C)n(C)n(-c4ccccc4)c3=O)c2C)cc1. The van der Waals surface area contributed by atoms with Crippen LogP contribution < -0.4 is 10.9 Å². The van der Waals surface area contributed by atoms with Crippen LogP contribution in [0.25, 0.3) is 5.69 Å². The van der Waals surface area contributed by atoms with Crippen molar-refractivity contribution in [3.8, 4) is 5.69 Å². The van der Waals surface area contributed by atoms with Crippen LogP contribution in [0, 0.1) is 27.7 Å². The van der Waals surface area contributed by atoms with Gasteiger partial charge < -0.3 is 5.32 Å². The van der Waals surface area contributed by atoms with Crippen LogP contribution in [0.2, 0.25) is 0 Å². The van der Waals surface area contributed by atoms with Crippen LogP contribution in [0.4, 0.5) is 5.69 Å². The fourth-order valence-corrected chi connectivity index (χ4v) is 3.93. The van der Waals surface area contributed by atoms with Crippen molar-refractivity contribution in [3.05, 3.63) is 98.7 Å². The Morgan fingerprint density at radius 2 is 1.59 bits per heavy atom. The van der Waals surface area contributed by atoms with Gasteiger partial charge in [0.25, 0.3) is 11.5 Å². The van der Waals surface area contributed by atoms with Crippen molar-refractivity contribution in [2.45, 2.75) is 34.2 Å². The molecule has 7 heteroatoms. The van der Waals surface area contributed by atoms with Gasteiger partial charge in [-0.1, -0.05) is 48.0 Å². The molecule has 0 aliphatic rings. The number of hydrogen-bond acceptors (Lipinski definition) is 3. The molecule has 0 aliphatic carbocycles. The lowest BCUT2D eigenvalue weighted by Crippen LogP contribution is -2.23. The van der Waals surface area contributed by atoms with Gasteiger partial charge in [0.05, 0.1) is 29.2 Å². The van der Waals surface area contributed by atoms with Crippen molar-refractivity contribution >= 4 is 11.6 Å². The predicted molar refractivity (Wildman–Crippen MR) is 126 cm³/mol. The fourth-order valence-electron chi connectivity index (χ4n) is 3.93. The Bertz CT molecular complexity index is 1340. The number of nitrogens with one attached hydrogen (secondary N) is 1. The van der Waals surface area contributed by atoms with Gasteiger partial charge in [0, 0.05) is 12.7 Å². The zero-order valence-electron chi connectivity index (χ0n) is 19.0. The minimum Gasteiger partial charge on any atom is -0.316 e. The molecule has 0 bridgehead atoms. The van der Waals surface area contributed by atoms with Crippen LogP contribution in [0.3, 0.4) is 0 Å². The first kappa shape index (κ1) is 21.4. The molecule has 2 heterocycles. The van der Waals surface area contributed by atoms with Gasteiger partial charge in [0.1, 0.15) is 5.69 Å². The fraction of sp³-hybridized carbons (Fsp3) is 0.240. The molecule has 2 aromatic heterocycles. The Morgan fingerprint density at radius 3 is 2.25 bits per heavy atom. The molecule has 0 unspecified atom stereocenters. The number of nitrogens with zero attached hydrogens (tertiary/aromatic N) is 4. The van der Waals surface area contributed by atoms with Crippen LogP contribution in [-0.2, 0) is 13.6 Å². The number of rotatable bonds is 5. The standard InChI is InChI=1S/C25H27N5O2/c1-16-11-13-20(14-12-16)15-29-18(3)22(17(2)27-29)24(31)26-23-19(4)28(5)30(25(23)32)21-9-7-6-8-10-21/h6-14H,15H2,1-5H3,(H,26,31).